The molecule has 0 aliphatic heterocycles. The van der Waals surface area contributed by atoms with Gasteiger partial charge in [0.15, 0.2) is 0 Å². The van der Waals surface area contributed by atoms with Crippen LogP contribution in [0.25, 0.3) is 0 Å². The zero-order valence-corrected chi connectivity index (χ0v) is 12.6. The van der Waals surface area contributed by atoms with Gasteiger partial charge in [0.05, 0.1) is 17.0 Å². The number of esters is 1. The van der Waals surface area contributed by atoms with Crippen LogP contribution in [0.15, 0.2) is 6.07 Å². The highest BCUT2D eigenvalue weighted by Crippen LogP contribution is 2.31. The van der Waals surface area contributed by atoms with E-state index < -0.39 is 23.9 Å². The zero-order valence-electron chi connectivity index (χ0n) is 10.3. The number of halogens is 2. The van der Waals surface area contributed by atoms with Crippen LogP contribution in [0, 0.1) is 0 Å². The highest BCUT2D eigenvalue weighted by molar-refractivity contribution is 7.20. The van der Waals surface area contributed by atoms with Gasteiger partial charge in [-0.3, -0.25) is 9.59 Å². The first-order valence-corrected chi connectivity index (χ1v) is 6.97. The van der Waals surface area contributed by atoms with Gasteiger partial charge >= 0.3 is 11.9 Å². The van der Waals surface area contributed by atoms with Crippen molar-refractivity contribution >= 4 is 52.4 Å². The van der Waals surface area contributed by atoms with Crippen molar-refractivity contribution in [2.24, 2.45) is 0 Å². The number of thiophene rings is 1. The Morgan fingerprint density at radius 1 is 1.45 bits per heavy atom. The normalized spacial score (nSPS) is 11.8. The molecule has 6 nitrogen and oxygen atoms in total. The van der Waals surface area contributed by atoms with Crippen LogP contribution >= 0.6 is 34.5 Å². The van der Waals surface area contributed by atoms with Crippen molar-refractivity contribution in [3.8, 4) is 0 Å². The minimum absolute atomic E-state index is 0.0801. The molecular formula is C11H11Cl2NO5S. The van der Waals surface area contributed by atoms with Gasteiger partial charge in [0.1, 0.15) is 10.4 Å². The van der Waals surface area contributed by atoms with Gasteiger partial charge in [0, 0.05) is 6.42 Å². The van der Waals surface area contributed by atoms with Gasteiger partial charge in [0.2, 0.25) is 0 Å². The average molecular weight is 340 g/mol. The minimum atomic E-state index is -1.25. The number of nitrogens with one attached hydrogen (secondary N) is 1. The molecule has 9 heteroatoms. The number of aliphatic carboxylic acids is 1. The molecule has 20 heavy (non-hydrogen) atoms. The summed E-state index contributed by atoms with van der Waals surface area (Å²) < 4.78 is 4.90. The van der Waals surface area contributed by atoms with Crippen molar-refractivity contribution in [3.05, 3.63) is 20.3 Å². The first-order valence-electron chi connectivity index (χ1n) is 5.40. The molecule has 0 radical (unpaired) electrons. The Morgan fingerprint density at radius 2 is 2.10 bits per heavy atom. The second kappa shape index (κ2) is 7.47. The smallest absolute Gasteiger partial charge is 0.326 e. The standard InChI is InChI=1S/C11H11Cl2NO5S/c1-19-8(15)3-2-6(11(17)18)14-10(16)5-4-7(12)20-9(5)13/h4,6H,2-3H2,1H3,(H,14,16)(H,17,18)/t6-/m1/s1. The minimum Gasteiger partial charge on any atom is -0.480 e. The van der Waals surface area contributed by atoms with Gasteiger partial charge in [0.25, 0.3) is 5.91 Å². The highest BCUT2D eigenvalue weighted by atomic mass is 35.5. The number of rotatable bonds is 6. The molecule has 1 atom stereocenters. The first-order chi connectivity index (χ1) is 9.35. The molecule has 1 aromatic heterocycles. The predicted octanol–water partition coefficient (Wildman–Crippen LogP) is 2.19. The number of methoxy groups -OCH3 is 1. The molecule has 0 aromatic carbocycles. The van der Waals surface area contributed by atoms with Crippen LogP contribution in [-0.4, -0.2) is 36.1 Å². The lowest BCUT2D eigenvalue weighted by molar-refractivity contribution is -0.142. The zero-order chi connectivity index (χ0) is 15.3. The number of ether oxygens (including phenoxy) is 1. The largest absolute Gasteiger partial charge is 0.480 e. The SMILES string of the molecule is COC(=O)CC[C@@H](NC(=O)c1cc(Cl)sc1Cl)C(=O)O. The van der Waals surface area contributed by atoms with Gasteiger partial charge in [-0.05, 0) is 12.5 Å². The fourth-order valence-electron chi connectivity index (χ4n) is 1.35. The Balaban J connectivity index is 2.70. The van der Waals surface area contributed by atoms with Crippen LogP contribution < -0.4 is 5.32 Å². The van der Waals surface area contributed by atoms with Crippen molar-refractivity contribution in [2.75, 3.05) is 7.11 Å². The molecule has 0 fully saturated rings. The van der Waals surface area contributed by atoms with Gasteiger partial charge < -0.3 is 15.2 Å². The quantitative estimate of drug-likeness (QED) is 0.775. The molecule has 1 aromatic rings. The van der Waals surface area contributed by atoms with E-state index in [2.05, 4.69) is 10.1 Å². The van der Waals surface area contributed by atoms with Crippen LogP contribution in [0.4, 0.5) is 0 Å². The van der Waals surface area contributed by atoms with E-state index in [0.29, 0.717) is 4.34 Å². The average Bonchev–Trinajstić information content (AvgIpc) is 2.72. The second-order valence-electron chi connectivity index (χ2n) is 3.72. The molecule has 0 aliphatic carbocycles. The summed E-state index contributed by atoms with van der Waals surface area (Å²) in [5.74, 6) is -2.46. The van der Waals surface area contributed by atoms with E-state index in [9.17, 15) is 14.4 Å². The number of carboxylic acid groups (broad SMARTS) is 1. The molecule has 1 rings (SSSR count). The van der Waals surface area contributed by atoms with Crippen molar-refractivity contribution in [1.82, 2.24) is 5.32 Å². The number of hydrogen-bond acceptors (Lipinski definition) is 5. The van der Waals surface area contributed by atoms with Crippen molar-refractivity contribution < 1.29 is 24.2 Å². The summed E-state index contributed by atoms with van der Waals surface area (Å²) in [6.45, 7) is 0. The summed E-state index contributed by atoms with van der Waals surface area (Å²) >= 11 is 12.5. The molecule has 1 heterocycles. The van der Waals surface area contributed by atoms with E-state index in [1.807, 2.05) is 0 Å². The molecule has 0 saturated carbocycles. The Morgan fingerprint density at radius 3 is 2.55 bits per heavy atom. The van der Waals surface area contributed by atoms with Gasteiger partial charge in [-0.1, -0.05) is 23.2 Å². The lowest BCUT2D eigenvalue weighted by Gasteiger charge is -2.13. The number of carbonyl (C=O) groups is 3. The van der Waals surface area contributed by atoms with Crippen LogP contribution in [-0.2, 0) is 14.3 Å². The van der Waals surface area contributed by atoms with E-state index in [-0.39, 0.29) is 22.7 Å². The summed E-state index contributed by atoms with van der Waals surface area (Å²) in [4.78, 5) is 33.9. The van der Waals surface area contributed by atoms with Crippen LogP contribution in [0.3, 0.4) is 0 Å². The third-order valence-corrected chi connectivity index (χ3v) is 3.86. The van der Waals surface area contributed by atoms with Crippen molar-refractivity contribution in [3.63, 3.8) is 0 Å². The molecule has 2 N–H and O–H groups in total. The second-order valence-corrected chi connectivity index (χ2v) is 6.00. The summed E-state index contributed by atoms with van der Waals surface area (Å²) in [7, 11) is 1.20. The molecular weight excluding hydrogens is 329 g/mol. The van der Waals surface area contributed by atoms with Crippen molar-refractivity contribution in [1.29, 1.82) is 0 Å². The third kappa shape index (κ3) is 4.66. The van der Waals surface area contributed by atoms with Gasteiger partial charge in [-0.15, -0.1) is 11.3 Å². The van der Waals surface area contributed by atoms with Gasteiger partial charge in [-0.25, -0.2) is 4.79 Å². The summed E-state index contributed by atoms with van der Waals surface area (Å²) in [6, 6.07) is 0.139. The van der Waals surface area contributed by atoms with Crippen LogP contribution in [0.2, 0.25) is 8.67 Å². The Labute approximate surface area is 128 Å². The fourth-order valence-corrected chi connectivity index (χ4v) is 2.81. The monoisotopic (exact) mass is 339 g/mol. The lowest BCUT2D eigenvalue weighted by atomic mass is 10.1. The Hall–Kier alpha value is -1.31. The van der Waals surface area contributed by atoms with Crippen LogP contribution in [0.1, 0.15) is 23.2 Å². The molecule has 0 saturated heterocycles. The Bertz CT molecular complexity index is 531. The maximum absolute atomic E-state index is 11.9. The van der Waals surface area contributed by atoms with E-state index in [0.717, 1.165) is 11.3 Å². The molecule has 0 aliphatic rings. The van der Waals surface area contributed by atoms with Gasteiger partial charge in [-0.2, -0.15) is 0 Å². The first kappa shape index (κ1) is 16.7. The predicted molar refractivity (Wildman–Crippen MR) is 74.5 cm³/mol. The van der Waals surface area contributed by atoms with Crippen molar-refractivity contribution in [2.45, 2.75) is 18.9 Å². The maximum atomic E-state index is 11.9. The number of carbonyl (C=O) groups excluding carboxylic acids is 2. The highest BCUT2D eigenvalue weighted by Gasteiger charge is 2.23. The summed E-state index contributed by atoms with van der Waals surface area (Å²) in [6.07, 6.45) is -0.199. The Kier molecular flexibility index (Phi) is 6.25. The summed E-state index contributed by atoms with van der Waals surface area (Å²) in [5, 5.41) is 11.3. The van der Waals surface area contributed by atoms with E-state index in [1.54, 1.807) is 0 Å². The molecule has 0 unspecified atom stereocenters. The number of hydrogen-bond donors (Lipinski definition) is 2. The number of carboxylic acids is 1. The molecule has 0 spiro atoms. The fraction of sp³-hybridized carbons (Fsp3) is 0.364. The number of amides is 1. The summed E-state index contributed by atoms with van der Waals surface area (Å²) in [5.41, 5.74) is 0.103. The van der Waals surface area contributed by atoms with Crippen LogP contribution in [0.5, 0.6) is 0 Å². The molecule has 1 amide bonds. The topological polar surface area (TPSA) is 92.7 Å². The lowest BCUT2D eigenvalue weighted by Crippen LogP contribution is -2.41. The van der Waals surface area contributed by atoms with E-state index >= 15 is 0 Å². The molecule has 0 bridgehead atoms. The maximum Gasteiger partial charge on any atom is 0.326 e. The molecule has 110 valence electrons. The van der Waals surface area contributed by atoms with E-state index in [1.165, 1.54) is 13.2 Å². The van der Waals surface area contributed by atoms with E-state index in [4.69, 9.17) is 28.3 Å². The third-order valence-electron chi connectivity index (χ3n) is 2.37.